The van der Waals surface area contributed by atoms with Crippen LogP contribution >= 0.6 is 0 Å². The Morgan fingerprint density at radius 3 is 0.483 bits per heavy atom. The number of carbonyl (C=O) groups excluding carboxylic acids is 6. The maximum atomic E-state index is 18.8. The van der Waals surface area contributed by atoms with Gasteiger partial charge in [-0.15, -0.1) is 0 Å². The van der Waals surface area contributed by atoms with E-state index in [0.29, 0.717) is 77.0 Å². The average molecular weight is 1570 g/mol. The molecule has 12 atom stereocenters. The quantitative estimate of drug-likeness (QED) is 0.0597. The first-order chi connectivity index (χ1) is 58.4. The van der Waals surface area contributed by atoms with E-state index in [2.05, 4.69) is 0 Å². The van der Waals surface area contributed by atoms with Crippen LogP contribution in [-0.2, 0) is 118 Å². The van der Waals surface area contributed by atoms with Crippen molar-refractivity contribution in [1.29, 1.82) is 0 Å². The highest BCUT2D eigenvalue weighted by Crippen LogP contribution is 3.07. The fourth-order valence-corrected chi connectivity index (χ4v) is 38.3. The molecule has 18 nitrogen and oxygen atoms in total. The Kier molecular flexibility index (Phi) is 7.30. The third kappa shape index (κ3) is 3.94. The predicted octanol–water partition coefficient (Wildman–Crippen LogP) is 16.8. The second kappa shape index (κ2) is 15.0. The molecule has 0 N–H and O–H groups in total. The van der Waals surface area contributed by atoms with Crippen molar-refractivity contribution >= 4 is 230 Å². The average Bonchev–Trinajstić information content (AvgIpc) is 1.33. The Bertz CT molecular complexity index is 8170. The third-order valence-electron chi connectivity index (χ3n) is 39.0. The minimum absolute atomic E-state index is 0.0533. The van der Waals surface area contributed by atoms with Crippen LogP contribution in [0.15, 0.2) is 0 Å². The van der Waals surface area contributed by atoms with Crippen molar-refractivity contribution in [2.45, 2.75) is 205 Å². The van der Waals surface area contributed by atoms with Crippen LogP contribution in [0.2, 0.25) is 0 Å². The molecule has 9 heterocycles. The maximum absolute atomic E-state index is 18.8. The standard InChI is InChI=1S/C102H60O18/c1-91(2)115-25-13-7-19-109-85(103)100-89(107)113-23-11-17-29-27(117-93(5,6)119-29)15-9-21-111-87(105)102-90(108)114-24-12-18-30-26(116-92(3,4)120-30)14-8-20-110-86(104)101(88(106)112-22-10-16-28(25)118-91)95-74-56-47-38-32-35-31-34-33-36(32)42-48-39(33)43-49-40(34)46-37(31)44-50(41(35)47)59(74)65-52(44)61-55(46)73-58(49)64-54(43)63-57(48)75-60-51(42)45(38)53-62(56)77(95)68-72-83-70-67(80(65)98(83,95)101)76(61)94(73,100)97(100)79(64)69-71(82(70)97)84(72)99(102,81(68)66(53)60)96(75,102)78(63)69/h25-30H,7-24H2,1-6H3/t25-,26-,27-,28-,29-,30-,94?,95?,96?,97?,98?,99?,100?,101?,102?/m1/s1. The van der Waals surface area contributed by atoms with E-state index in [1.807, 2.05) is 41.5 Å². The van der Waals surface area contributed by atoms with Crippen LogP contribution < -0.4 is 0 Å². The van der Waals surface area contributed by atoms with E-state index < -0.39 is 139 Å². The van der Waals surface area contributed by atoms with Gasteiger partial charge in [-0.3, -0.25) is 28.8 Å². The van der Waals surface area contributed by atoms with Gasteiger partial charge in [-0.2, -0.15) is 0 Å². The van der Waals surface area contributed by atoms with E-state index in [4.69, 9.17) is 56.8 Å². The lowest BCUT2D eigenvalue weighted by atomic mass is 9.65. The molecule has 6 unspecified atom stereocenters. The van der Waals surface area contributed by atoms with Gasteiger partial charge in [0, 0.05) is 0 Å². The van der Waals surface area contributed by atoms with Gasteiger partial charge in [0.2, 0.25) is 0 Å². The monoisotopic (exact) mass is 1570 g/mol. The summed E-state index contributed by atoms with van der Waals surface area (Å²) in [5.41, 5.74) is -0.733. The molecule has 15 aliphatic carbocycles. The number of carbonyl (C=O) groups is 6. The summed E-state index contributed by atoms with van der Waals surface area (Å²) in [6.45, 7) is 11.2. The first-order valence-electron chi connectivity index (χ1n) is 44.8. The van der Waals surface area contributed by atoms with Crippen molar-refractivity contribution in [2.75, 3.05) is 39.6 Å². The predicted molar refractivity (Wildman–Crippen MR) is 437 cm³/mol. The Labute approximate surface area is 672 Å². The number of fused-ring (bicyclic) bond motifs is 24. The molecule has 6 fully saturated rings. The molecule has 3 saturated heterocycles. The lowest BCUT2D eigenvalue weighted by Crippen LogP contribution is -2.40. The van der Waals surface area contributed by atoms with Gasteiger partial charge in [-0.25, -0.2) is 0 Å². The van der Waals surface area contributed by atoms with Crippen LogP contribution in [0, 0.1) is 16.2 Å². The van der Waals surface area contributed by atoms with Gasteiger partial charge in [0.15, 0.2) is 33.6 Å². The van der Waals surface area contributed by atoms with Crippen molar-refractivity contribution < 1.29 is 85.6 Å². The first-order valence-corrected chi connectivity index (χ1v) is 44.8. The number of benzene rings is 14. The van der Waals surface area contributed by atoms with Gasteiger partial charge in [0.25, 0.3) is 0 Å². The molecule has 9 aliphatic heterocycles. The summed E-state index contributed by atoms with van der Waals surface area (Å²) in [6, 6.07) is 0. The van der Waals surface area contributed by atoms with Crippen LogP contribution in [0.3, 0.4) is 0 Å². The zero-order valence-electron chi connectivity index (χ0n) is 65.5. The number of hydrogen-bond acceptors (Lipinski definition) is 18. The highest BCUT2D eigenvalue weighted by Gasteiger charge is 3.10. The molecule has 9 spiro atoms. The van der Waals surface area contributed by atoms with Crippen LogP contribution in [0.5, 0.6) is 0 Å². The number of hydrogen-bond donors (Lipinski definition) is 0. The normalized spacial score (nSPS) is 38.0. The second-order valence-corrected chi connectivity index (χ2v) is 42.8. The molecule has 20 aromatic rings. The Balaban J connectivity index is 0.782. The highest BCUT2D eigenvalue weighted by atomic mass is 16.8. The highest BCUT2D eigenvalue weighted by molar-refractivity contribution is 6.76. The van der Waals surface area contributed by atoms with E-state index in [1.54, 1.807) is 0 Å². The van der Waals surface area contributed by atoms with Crippen molar-refractivity contribution in [1.82, 2.24) is 0 Å². The molecule has 576 valence electrons. The lowest BCUT2D eigenvalue weighted by Gasteiger charge is -2.35. The molecule has 0 amide bonds. The van der Waals surface area contributed by atoms with Crippen molar-refractivity contribution in [3.8, 4) is 33.4 Å². The SMILES string of the molecule is CC1(C)O[C@@H]2CCCOC(=O)C34C(=O)OCCC[C@H]5OC(C)(C)O[C@@H]5CCCOC(=O)C56C(=O)OCCC[C@H]7OC(C)(C)O[C@@H]7CCCOC(=O)C7(C(=O)OCCC[C@H]2O1)C12c8c9c%10c%11c%12c8-c8c%13c%14c%15c%16c%17c%18c(c-%11c%11c%19c%20c%21c%22c%23c(c-9c1c1c9c%24c%25c(c8C%2472)c%14c2c%15c7c%17c8c(c%19%18)c%20c%14c%22c%15c(c1%23)c9c1c%25c2c2c7c8c%14c%15c12)C%215C%10%116)C%163C%12%134. The summed E-state index contributed by atoms with van der Waals surface area (Å²) in [5, 5.41) is 41.6. The fourth-order valence-electron chi connectivity index (χ4n) is 38.3. The summed E-state index contributed by atoms with van der Waals surface area (Å²) >= 11 is 0. The molecule has 20 aromatic carbocycles. The minimum atomic E-state index is -2.23. The molecule has 0 aromatic heterocycles. The number of esters is 6. The van der Waals surface area contributed by atoms with E-state index in [9.17, 15) is 0 Å². The molecule has 120 heavy (non-hydrogen) atoms. The third-order valence-corrected chi connectivity index (χ3v) is 39.0. The molecule has 44 rings (SSSR count). The summed E-state index contributed by atoms with van der Waals surface area (Å²) < 4.78 is 85.9. The number of ether oxygens (including phenoxy) is 12. The molecule has 18 heteroatoms. The van der Waals surface area contributed by atoms with Gasteiger partial charge in [0.1, 0.15) is 0 Å². The van der Waals surface area contributed by atoms with Gasteiger partial charge in [0.05, 0.1) is 109 Å². The summed E-state index contributed by atoms with van der Waals surface area (Å²) in [7, 11) is 0. The molecule has 3 saturated carbocycles. The van der Waals surface area contributed by atoms with Gasteiger partial charge >= 0.3 is 35.8 Å². The maximum Gasteiger partial charge on any atom is 0.326 e. The van der Waals surface area contributed by atoms with Gasteiger partial charge in [-0.05, 0) is 413 Å². The van der Waals surface area contributed by atoms with Crippen LogP contribution in [0.4, 0.5) is 0 Å². The zero-order chi connectivity index (χ0) is 77.3. The fraction of sp³-hybridized carbons (Fsp3) is 0.412. The van der Waals surface area contributed by atoms with Crippen LogP contribution in [0.25, 0.3) is 227 Å². The van der Waals surface area contributed by atoms with E-state index in [1.165, 1.54) is 97.0 Å². The van der Waals surface area contributed by atoms with Crippen molar-refractivity contribution in [2.24, 2.45) is 16.2 Å². The summed E-state index contributed by atoms with van der Waals surface area (Å²) in [5.74, 6) is -6.80. The van der Waals surface area contributed by atoms with Crippen molar-refractivity contribution in [3.05, 3.63) is 66.8 Å². The van der Waals surface area contributed by atoms with Crippen molar-refractivity contribution in [3.63, 3.8) is 0 Å². The Morgan fingerprint density at radius 2 is 0.308 bits per heavy atom. The topological polar surface area (TPSA) is 213 Å². The van der Waals surface area contributed by atoms with Crippen LogP contribution in [0.1, 0.15) is 185 Å². The molecular formula is C102H60O18. The molecule has 24 aliphatic rings. The van der Waals surface area contributed by atoms with E-state index in [-0.39, 0.29) is 39.6 Å². The van der Waals surface area contributed by atoms with Crippen LogP contribution in [-0.4, -0.2) is 129 Å². The van der Waals surface area contributed by atoms with E-state index >= 15 is 28.8 Å². The summed E-state index contributed by atoms with van der Waals surface area (Å²) in [4.78, 5) is 113. The zero-order valence-corrected chi connectivity index (χ0v) is 65.5. The first kappa shape index (κ1) is 58.5. The number of rotatable bonds is 0. The molecule has 24 bridgehead atoms. The smallest absolute Gasteiger partial charge is 0.326 e. The molecule has 0 radical (unpaired) electrons. The Morgan fingerprint density at radius 1 is 0.175 bits per heavy atom. The van der Waals surface area contributed by atoms with Gasteiger partial charge < -0.3 is 56.8 Å². The van der Waals surface area contributed by atoms with E-state index in [0.717, 1.165) is 197 Å². The molecular weight excluding hydrogens is 1510 g/mol. The van der Waals surface area contributed by atoms with Gasteiger partial charge in [-0.1, -0.05) is 0 Å². The Hall–Kier alpha value is -10.4. The largest absolute Gasteiger partial charge is 0.465 e. The lowest BCUT2D eigenvalue weighted by molar-refractivity contribution is -0.168. The minimum Gasteiger partial charge on any atom is -0.465 e. The second-order valence-electron chi connectivity index (χ2n) is 42.8. The summed E-state index contributed by atoms with van der Waals surface area (Å²) in [6.07, 6.45) is 2.19.